The molecule has 96 valence electrons. The maximum absolute atomic E-state index is 12.7. The van der Waals surface area contributed by atoms with E-state index >= 15 is 0 Å². The first-order chi connectivity index (χ1) is 8.17. The Kier molecular flexibility index (Phi) is 6.16. The summed E-state index contributed by atoms with van der Waals surface area (Å²) in [5, 5.41) is 9.93. The van der Waals surface area contributed by atoms with Crippen LogP contribution in [0.5, 0.6) is 0 Å². The number of benzene rings is 1. The molecule has 0 saturated heterocycles. The highest BCUT2D eigenvalue weighted by Gasteiger charge is 2.08. The average molecular weight is 239 g/mol. The number of halogens is 1. The zero-order valence-corrected chi connectivity index (χ0v) is 10.7. The summed E-state index contributed by atoms with van der Waals surface area (Å²) in [5.41, 5.74) is 0.797. The van der Waals surface area contributed by atoms with Gasteiger partial charge in [0.05, 0.1) is 6.10 Å². The molecule has 3 heteroatoms. The van der Waals surface area contributed by atoms with Crippen molar-refractivity contribution in [3.63, 3.8) is 0 Å². The molecule has 0 heterocycles. The van der Waals surface area contributed by atoms with Gasteiger partial charge >= 0.3 is 0 Å². The molecule has 0 aliphatic carbocycles. The van der Waals surface area contributed by atoms with Gasteiger partial charge in [-0.2, -0.15) is 0 Å². The molecule has 0 saturated carbocycles. The van der Waals surface area contributed by atoms with Crippen molar-refractivity contribution in [2.24, 2.45) is 0 Å². The van der Waals surface area contributed by atoms with Crippen molar-refractivity contribution in [3.05, 3.63) is 35.6 Å². The molecule has 0 aromatic heterocycles. The van der Waals surface area contributed by atoms with Gasteiger partial charge in [-0.25, -0.2) is 4.39 Å². The van der Waals surface area contributed by atoms with Crippen LogP contribution in [0.1, 0.15) is 38.4 Å². The molecule has 0 spiro atoms. The number of aliphatic hydroxyl groups is 1. The SMILES string of the molecule is CCN(CC)CCCC(O)c1ccc(F)cc1. The zero-order chi connectivity index (χ0) is 12.7. The Balaban J connectivity index is 2.34. The lowest BCUT2D eigenvalue weighted by atomic mass is 10.0. The summed E-state index contributed by atoms with van der Waals surface area (Å²) in [5.74, 6) is -0.260. The van der Waals surface area contributed by atoms with Gasteiger partial charge in [0.15, 0.2) is 0 Å². The van der Waals surface area contributed by atoms with Crippen LogP contribution < -0.4 is 0 Å². The van der Waals surface area contributed by atoms with E-state index in [0.717, 1.165) is 38.0 Å². The number of hydrogen-bond donors (Lipinski definition) is 1. The minimum atomic E-state index is -0.480. The number of hydrogen-bond acceptors (Lipinski definition) is 2. The molecule has 0 amide bonds. The summed E-state index contributed by atoms with van der Waals surface area (Å²) in [6, 6.07) is 6.08. The Hall–Kier alpha value is -0.930. The largest absolute Gasteiger partial charge is 0.388 e. The lowest BCUT2D eigenvalue weighted by molar-refractivity contribution is 0.156. The van der Waals surface area contributed by atoms with E-state index in [1.54, 1.807) is 12.1 Å². The van der Waals surface area contributed by atoms with Crippen molar-refractivity contribution in [3.8, 4) is 0 Å². The van der Waals surface area contributed by atoms with Crippen LogP contribution in [0, 0.1) is 5.82 Å². The standard InChI is InChI=1S/C14H22FNO/c1-3-16(4-2)11-5-6-14(17)12-7-9-13(15)10-8-12/h7-10,14,17H,3-6,11H2,1-2H3. The van der Waals surface area contributed by atoms with Crippen LogP contribution in [-0.4, -0.2) is 29.6 Å². The summed E-state index contributed by atoms with van der Waals surface area (Å²) in [4.78, 5) is 2.33. The number of aliphatic hydroxyl groups excluding tert-OH is 1. The molecule has 0 aliphatic heterocycles. The molecule has 0 radical (unpaired) electrons. The number of rotatable bonds is 7. The van der Waals surface area contributed by atoms with E-state index in [1.165, 1.54) is 12.1 Å². The van der Waals surface area contributed by atoms with Gasteiger partial charge in [-0.05, 0) is 50.2 Å². The van der Waals surface area contributed by atoms with Gasteiger partial charge in [-0.1, -0.05) is 26.0 Å². The fourth-order valence-corrected chi connectivity index (χ4v) is 1.90. The Morgan fingerprint density at radius 1 is 1.18 bits per heavy atom. The molecule has 0 bridgehead atoms. The third-order valence-electron chi connectivity index (χ3n) is 3.10. The van der Waals surface area contributed by atoms with Crippen LogP contribution >= 0.6 is 0 Å². The normalized spacial score (nSPS) is 13.0. The second kappa shape index (κ2) is 7.41. The summed E-state index contributed by atoms with van der Waals surface area (Å²) < 4.78 is 12.7. The molecule has 0 aliphatic rings. The van der Waals surface area contributed by atoms with E-state index in [2.05, 4.69) is 18.7 Å². The molecular weight excluding hydrogens is 217 g/mol. The van der Waals surface area contributed by atoms with Crippen molar-refractivity contribution in [1.29, 1.82) is 0 Å². The van der Waals surface area contributed by atoms with Crippen molar-refractivity contribution in [2.45, 2.75) is 32.8 Å². The molecular formula is C14H22FNO. The van der Waals surface area contributed by atoms with E-state index in [4.69, 9.17) is 0 Å². The third kappa shape index (κ3) is 4.84. The minimum Gasteiger partial charge on any atom is -0.388 e. The quantitative estimate of drug-likeness (QED) is 0.790. The van der Waals surface area contributed by atoms with Crippen molar-refractivity contribution in [2.75, 3.05) is 19.6 Å². The van der Waals surface area contributed by atoms with Gasteiger partial charge in [-0.15, -0.1) is 0 Å². The van der Waals surface area contributed by atoms with Crippen LogP contribution in [0.3, 0.4) is 0 Å². The highest BCUT2D eigenvalue weighted by atomic mass is 19.1. The lowest BCUT2D eigenvalue weighted by Crippen LogP contribution is -2.24. The third-order valence-corrected chi connectivity index (χ3v) is 3.10. The van der Waals surface area contributed by atoms with Gasteiger partial charge in [0.2, 0.25) is 0 Å². The molecule has 1 unspecified atom stereocenters. The van der Waals surface area contributed by atoms with E-state index in [-0.39, 0.29) is 5.82 Å². The van der Waals surface area contributed by atoms with Gasteiger partial charge < -0.3 is 10.0 Å². The molecule has 1 N–H and O–H groups in total. The molecule has 1 rings (SSSR count). The van der Waals surface area contributed by atoms with Crippen molar-refractivity contribution >= 4 is 0 Å². The van der Waals surface area contributed by atoms with Gasteiger partial charge in [0, 0.05) is 0 Å². The maximum Gasteiger partial charge on any atom is 0.123 e. The van der Waals surface area contributed by atoms with E-state index < -0.39 is 6.10 Å². The minimum absolute atomic E-state index is 0.260. The topological polar surface area (TPSA) is 23.5 Å². The second-order valence-electron chi connectivity index (χ2n) is 4.24. The maximum atomic E-state index is 12.7. The van der Waals surface area contributed by atoms with Crippen LogP contribution in [0.2, 0.25) is 0 Å². The molecule has 0 fully saturated rings. The first kappa shape index (κ1) is 14.1. The Labute approximate surface area is 103 Å². The summed E-state index contributed by atoms with van der Waals surface area (Å²) in [7, 11) is 0. The Morgan fingerprint density at radius 2 is 1.76 bits per heavy atom. The van der Waals surface area contributed by atoms with E-state index in [1.807, 2.05) is 0 Å². The predicted octanol–water partition coefficient (Wildman–Crippen LogP) is 2.98. The number of nitrogens with zero attached hydrogens (tertiary/aromatic N) is 1. The van der Waals surface area contributed by atoms with E-state index in [0.29, 0.717) is 0 Å². The summed E-state index contributed by atoms with van der Waals surface area (Å²) >= 11 is 0. The van der Waals surface area contributed by atoms with Crippen LogP contribution in [-0.2, 0) is 0 Å². The van der Waals surface area contributed by atoms with Crippen LogP contribution in [0.15, 0.2) is 24.3 Å². The van der Waals surface area contributed by atoms with Crippen molar-refractivity contribution < 1.29 is 9.50 Å². The summed E-state index contributed by atoms with van der Waals surface area (Å²) in [6.07, 6.45) is 1.20. The molecule has 1 atom stereocenters. The van der Waals surface area contributed by atoms with Gasteiger partial charge in [0.25, 0.3) is 0 Å². The van der Waals surface area contributed by atoms with Crippen molar-refractivity contribution in [1.82, 2.24) is 4.90 Å². The second-order valence-corrected chi connectivity index (χ2v) is 4.24. The fraction of sp³-hybridized carbons (Fsp3) is 0.571. The highest BCUT2D eigenvalue weighted by molar-refractivity contribution is 5.18. The molecule has 17 heavy (non-hydrogen) atoms. The first-order valence-electron chi connectivity index (χ1n) is 6.33. The monoisotopic (exact) mass is 239 g/mol. The lowest BCUT2D eigenvalue weighted by Gasteiger charge is -2.19. The smallest absolute Gasteiger partial charge is 0.123 e. The Morgan fingerprint density at radius 3 is 2.29 bits per heavy atom. The first-order valence-corrected chi connectivity index (χ1v) is 6.33. The molecule has 1 aromatic rings. The predicted molar refractivity (Wildman–Crippen MR) is 68.4 cm³/mol. The average Bonchev–Trinajstić information content (AvgIpc) is 2.35. The van der Waals surface area contributed by atoms with Crippen LogP contribution in [0.25, 0.3) is 0 Å². The fourth-order valence-electron chi connectivity index (χ4n) is 1.90. The van der Waals surface area contributed by atoms with Gasteiger partial charge in [0.1, 0.15) is 5.82 Å². The zero-order valence-electron chi connectivity index (χ0n) is 10.7. The Bertz CT molecular complexity index is 309. The molecule has 2 nitrogen and oxygen atoms in total. The van der Waals surface area contributed by atoms with Gasteiger partial charge in [-0.3, -0.25) is 0 Å². The highest BCUT2D eigenvalue weighted by Crippen LogP contribution is 2.18. The van der Waals surface area contributed by atoms with Crippen LogP contribution in [0.4, 0.5) is 4.39 Å². The van der Waals surface area contributed by atoms with E-state index in [9.17, 15) is 9.50 Å². The molecule has 1 aromatic carbocycles. The summed E-state index contributed by atoms with van der Waals surface area (Å²) in [6.45, 7) is 7.37.